The molecule has 1 saturated heterocycles. The molecule has 0 aromatic heterocycles. The van der Waals surface area contributed by atoms with Gasteiger partial charge in [-0.25, -0.2) is 4.39 Å². The van der Waals surface area contributed by atoms with Crippen molar-refractivity contribution in [3.63, 3.8) is 0 Å². The molecular weight excluding hydrogens is 298 g/mol. The molecule has 20 heavy (non-hydrogen) atoms. The maximum absolute atomic E-state index is 14.2. The fourth-order valence-electron chi connectivity index (χ4n) is 2.70. The topological polar surface area (TPSA) is 15.3 Å². The second kappa shape index (κ2) is 8.83. The monoisotopic (exact) mass is 320 g/mol. The van der Waals surface area contributed by atoms with Crippen LogP contribution in [0.15, 0.2) is 18.2 Å². The van der Waals surface area contributed by atoms with E-state index in [1.165, 1.54) is 6.07 Å². The van der Waals surface area contributed by atoms with Crippen molar-refractivity contribution in [2.45, 2.75) is 32.2 Å². The number of hydrogen-bond donors (Lipinski definition) is 1. The SMILES string of the molecule is CCCC[C@@H](c1ccc(Cl)cc1F)N1CCNCC1.Cl. The van der Waals surface area contributed by atoms with Gasteiger partial charge in [0, 0.05) is 42.8 Å². The summed E-state index contributed by atoms with van der Waals surface area (Å²) < 4.78 is 14.2. The molecule has 0 amide bonds. The molecule has 2 rings (SSSR count). The minimum absolute atomic E-state index is 0. The lowest BCUT2D eigenvalue weighted by atomic mass is 9.98. The van der Waals surface area contributed by atoms with Crippen LogP contribution in [-0.2, 0) is 0 Å². The molecule has 1 heterocycles. The number of piperazine rings is 1. The molecule has 1 aliphatic rings. The molecule has 1 fully saturated rings. The lowest BCUT2D eigenvalue weighted by Gasteiger charge is -2.35. The highest BCUT2D eigenvalue weighted by atomic mass is 35.5. The Morgan fingerprint density at radius 1 is 1.35 bits per heavy atom. The summed E-state index contributed by atoms with van der Waals surface area (Å²) in [5.41, 5.74) is 0.791. The molecule has 1 N–H and O–H groups in total. The minimum atomic E-state index is -0.174. The first kappa shape index (κ1) is 17.7. The Labute approximate surface area is 132 Å². The van der Waals surface area contributed by atoms with Crippen molar-refractivity contribution in [2.75, 3.05) is 26.2 Å². The lowest BCUT2D eigenvalue weighted by Crippen LogP contribution is -2.45. The third kappa shape index (κ3) is 4.59. The summed E-state index contributed by atoms with van der Waals surface area (Å²) in [6.45, 7) is 6.11. The number of halogens is 3. The van der Waals surface area contributed by atoms with E-state index in [2.05, 4.69) is 17.1 Å². The fourth-order valence-corrected chi connectivity index (χ4v) is 2.86. The van der Waals surface area contributed by atoms with Crippen molar-refractivity contribution >= 4 is 24.0 Å². The first-order valence-electron chi connectivity index (χ1n) is 7.12. The van der Waals surface area contributed by atoms with Gasteiger partial charge in [0.05, 0.1) is 0 Å². The highest BCUT2D eigenvalue weighted by Crippen LogP contribution is 2.30. The Bertz CT molecular complexity index is 409. The van der Waals surface area contributed by atoms with Crippen LogP contribution < -0.4 is 5.32 Å². The highest BCUT2D eigenvalue weighted by molar-refractivity contribution is 6.30. The van der Waals surface area contributed by atoms with Gasteiger partial charge in [-0.1, -0.05) is 37.4 Å². The van der Waals surface area contributed by atoms with Crippen LogP contribution in [0, 0.1) is 5.82 Å². The first-order chi connectivity index (χ1) is 9.22. The van der Waals surface area contributed by atoms with E-state index in [9.17, 15) is 4.39 Å². The fraction of sp³-hybridized carbons (Fsp3) is 0.600. The number of unbranched alkanes of at least 4 members (excludes halogenated alkanes) is 1. The molecule has 2 nitrogen and oxygen atoms in total. The van der Waals surface area contributed by atoms with Crippen LogP contribution in [0.3, 0.4) is 0 Å². The Balaban J connectivity index is 0.00000200. The van der Waals surface area contributed by atoms with E-state index >= 15 is 0 Å². The Kier molecular flexibility index (Phi) is 7.82. The minimum Gasteiger partial charge on any atom is -0.314 e. The third-order valence-electron chi connectivity index (χ3n) is 3.74. The van der Waals surface area contributed by atoms with Gasteiger partial charge >= 0.3 is 0 Å². The van der Waals surface area contributed by atoms with Gasteiger partial charge in [0.1, 0.15) is 5.82 Å². The molecule has 5 heteroatoms. The van der Waals surface area contributed by atoms with E-state index < -0.39 is 0 Å². The van der Waals surface area contributed by atoms with Crippen molar-refractivity contribution in [3.8, 4) is 0 Å². The zero-order valence-electron chi connectivity index (χ0n) is 11.9. The van der Waals surface area contributed by atoms with Crippen LogP contribution in [0.2, 0.25) is 5.02 Å². The Hall–Kier alpha value is -0.350. The van der Waals surface area contributed by atoms with Crippen molar-refractivity contribution in [1.29, 1.82) is 0 Å². The molecule has 1 aliphatic heterocycles. The van der Waals surface area contributed by atoms with Crippen molar-refractivity contribution in [3.05, 3.63) is 34.6 Å². The number of rotatable bonds is 5. The van der Waals surface area contributed by atoms with Crippen LogP contribution >= 0.6 is 24.0 Å². The molecule has 0 unspecified atom stereocenters. The molecule has 1 atom stereocenters. The summed E-state index contributed by atoms with van der Waals surface area (Å²) in [5, 5.41) is 3.81. The predicted octanol–water partition coefficient (Wildman–Crippen LogP) is 4.04. The van der Waals surface area contributed by atoms with Crippen LogP contribution in [0.4, 0.5) is 4.39 Å². The van der Waals surface area contributed by atoms with Crippen molar-refractivity contribution in [2.24, 2.45) is 0 Å². The Morgan fingerprint density at radius 2 is 2.05 bits per heavy atom. The van der Waals surface area contributed by atoms with E-state index in [4.69, 9.17) is 11.6 Å². The van der Waals surface area contributed by atoms with Gasteiger partial charge < -0.3 is 5.32 Å². The molecule has 114 valence electrons. The quantitative estimate of drug-likeness (QED) is 0.880. The summed E-state index contributed by atoms with van der Waals surface area (Å²) in [4.78, 5) is 2.39. The molecule has 0 saturated carbocycles. The predicted molar refractivity (Wildman–Crippen MR) is 85.4 cm³/mol. The zero-order chi connectivity index (χ0) is 13.7. The molecule has 0 radical (unpaired) electrons. The van der Waals surface area contributed by atoms with Crippen molar-refractivity contribution in [1.82, 2.24) is 10.2 Å². The van der Waals surface area contributed by atoms with Gasteiger partial charge in [0.15, 0.2) is 0 Å². The zero-order valence-corrected chi connectivity index (χ0v) is 13.4. The average molecular weight is 321 g/mol. The standard InChI is InChI=1S/C15H22ClFN2.ClH/c1-2-3-4-15(19-9-7-18-8-10-19)13-6-5-12(16)11-14(13)17;/h5-6,11,15,18H,2-4,7-10H2,1H3;1H/t15-;/m0./s1. The maximum Gasteiger partial charge on any atom is 0.129 e. The maximum atomic E-state index is 14.2. The molecular formula is C15H23Cl2FN2. The summed E-state index contributed by atoms with van der Waals surface area (Å²) >= 11 is 5.85. The molecule has 0 bridgehead atoms. The number of nitrogens with one attached hydrogen (secondary N) is 1. The first-order valence-corrected chi connectivity index (χ1v) is 7.50. The number of hydrogen-bond acceptors (Lipinski definition) is 2. The van der Waals surface area contributed by atoms with E-state index in [0.29, 0.717) is 5.02 Å². The van der Waals surface area contributed by atoms with Crippen molar-refractivity contribution < 1.29 is 4.39 Å². The lowest BCUT2D eigenvalue weighted by molar-refractivity contribution is 0.160. The van der Waals surface area contributed by atoms with Gasteiger partial charge in [0.2, 0.25) is 0 Å². The van der Waals surface area contributed by atoms with Gasteiger partial charge in [-0.3, -0.25) is 4.90 Å². The molecule has 1 aromatic rings. The van der Waals surface area contributed by atoms with Gasteiger partial charge in [-0.15, -0.1) is 12.4 Å². The van der Waals surface area contributed by atoms with E-state index in [1.807, 2.05) is 6.07 Å². The van der Waals surface area contributed by atoms with Crippen LogP contribution in [0.25, 0.3) is 0 Å². The smallest absolute Gasteiger partial charge is 0.129 e. The van der Waals surface area contributed by atoms with Crippen LogP contribution in [-0.4, -0.2) is 31.1 Å². The summed E-state index contributed by atoms with van der Waals surface area (Å²) in [6, 6.07) is 5.25. The second-order valence-corrected chi connectivity index (χ2v) is 5.55. The number of benzene rings is 1. The van der Waals surface area contributed by atoms with Gasteiger partial charge in [0.25, 0.3) is 0 Å². The summed E-state index contributed by atoms with van der Waals surface area (Å²) in [6.07, 6.45) is 3.27. The summed E-state index contributed by atoms with van der Waals surface area (Å²) in [7, 11) is 0. The highest BCUT2D eigenvalue weighted by Gasteiger charge is 2.24. The number of nitrogens with zero attached hydrogens (tertiary/aromatic N) is 1. The normalized spacial score (nSPS) is 17.6. The van der Waals surface area contributed by atoms with E-state index in [1.54, 1.807) is 6.07 Å². The van der Waals surface area contributed by atoms with Gasteiger partial charge in [-0.05, 0) is 18.6 Å². The third-order valence-corrected chi connectivity index (χ3v) is 3.98. The molecule has 1 aromatic carbocycles. The summed E-state index contributed by atoms with van der Waals surface area (Å²) in [5.74, 6) is -0.174. The largest absolute Gasteiger partial charge is 0.314 e. The van der Waals surface area contributed by atoms with Gasteiger partial charge in [-0.2, -0.15) is 0 Å². The molecule has 0 spiro atoms. The van der Waals surface area contributed by atoms with E-state index in [0.717, 1.165) is 51.0 Å². The second-order valence-electron chi connectivity index (χ2n) is 5.11. The van der Waals surface area contributed by atoms with E-state index in [-0.39, 0.29) is 24.3 Å². The Morgan fingerprint density at radius 3 is 2.65 bits per heavy atom. The van der Waals surface area contributed by atoms with Crippen LogP contribution in [0.5, 0.6) is 0 Å². The average Bonchev–Trinajstić information content (AvgIpc) is 2.42. The molecule has 0 aliphatic carbocycles. The van der Waals surface area contributed by atoms with Crippen LogP contribution in [0.1, 0.15) is 37.8 Å².